The van der Waals surface area contributed by atoms with Crippen molar-refractivity contribution in [1.82, 2.24) is 10.3 Å². The fourth-order valence-corrected chi connectivity index (χ4v) is 3.06. The van der Waals surface area contributed by atoms with Crippen LogP contribution in [0.25, 0.3) is 0 Å². The fourth-order valence-electron chi connectivity index (χ4n) is 2.40. The molecule has 3 nitrogen and oxygen atoms in total. The largest absolute Gasteiger partial charge is 0.349 e. The molecule has 3 rings (SSSR count). The fraction of sp³-hybridized carbons (Fsp3) is 0.400. The van der Waals surface area contributed by atoms with E-state index in [0.717, 1.165) is 17.9 Å². The van der Waals surface area contributed by atoms with Crippen LogP contribution in [0.5, 0.6) is 0 Å². The Morgan fingerprint density at radius 2 is 2.35 bits per heavy atom. The lowest BCUT2D eigenvalue weighted by molar-refractivity contribution is 0.614. The first kappa shape index (κ1) is 13.5. The molecule has 0 aliphatic heterocycles. The number of pyridine rings is 1. The SMILES string of the molecule is CNCc1cc(F)cnc1N(Cc1ccsc1)C1CC1. The summed E-state index contributed by atoms with van der Waals surface area (Å²) in [5, 5.41) is 7.35. The maximum absolute atomic E-state index is 13.4. The van der Waals surface area contributed by atoms with Gasteiger partial charge in [0.2, 0.25) is 0 Å². The van der Waals surface area contributed by atoms with E-state index in [0.29, 0.717) is 12.6 Å². The van der Waals surface area contributed by atoms with E-state index in [2.05, 4.69) is 32.0 Å². The van der Waals surface area contributed by atoms with Gasteiger partial charge in [0.05, 0.1) is 6.20 Å². The first-order valence-corrected chi connectivity index (χ1v) is 7.79. The minimum atomic E-state index is -0.273. The van der Waals surface area contributed by atoms with Crippen molar-refractivity contribution in [3.8, 4) is 0 Å². The maximum atomic E-state index is 13.4. The molecule has 0 amide bonds. The van der Waals surface area contributed by atoms with Crippen LogP contribution < -0.4 is 10.2 Å². The highest BCUT2D eigenvalue weighted by molar-refractivity contribution is 7.07. The van der Waals surface area contributed by atoms with Crippen molar-refractivity contribution in [1.29, 1.82) is 0 Å². The normalized spacial score (nSPS) is 14.5. The summed E-state index contributed by atoms with van der Waals surface area (Å²) in [5.41, 5.74) is 2.22. The van der Waals surface area contributed by atoms with E-state index in [1.54, 1.807) is 17.4 Å². The van der Waals surface area contributed by atoms with Gasteiger partial charge in [0.25, 0.3) is 0 Å². The van der Waals surface area contributed by atoms with Crippen LogP contribution in [0.15, 0.2) is 29.1 Å². The monoisotopic (exact) mass is 291 g/mol. The van der Waals surface area contributed by atoms with Crippen molar-refractivity contribution in [2.75, 3.05) is 11.9 Å². The van der Waals surface area contributed by atoms with Gasteiger partial charge in [-0.2, -0.15) is 11.3 Å². The van der Waals surface area contributed by atoms with E-state index >= 15 is 0 Å². The number of rotatable bonds is 6. The predicted octanol–water partition coefficient (Wildman–Crippen LogP) is 3.17. The molecule has 106 valence electrons. The summed E-state index contributed by atoms with van der Waals surface area (Å²) in [6, 6.07) is 4.27. The quantitative estimate of drug-likeness (QED) is 0.886. The Hall–Kier alpha value is -1.46. The Labute approximate surface area is 122 Å². The van der Waals surface area contributed by atoms with Gasteiger partial charge in [-0.15, -0.1) is 0 Å². The molecule has 5 heteroatoms. The first-order chi connectivity index (χ1) is 9.78. The van der Waals surface area contributed by atoms with Gasteiger partial charge in [-0.3, -0.25) is 0 Å². The van der Waals surface area contributed by atoms with E-state index in [-0.39, 0.29) is 5.82 Å². The van der Waals surface area contributed by atoms with Crippen LogP contribution in [0.1, 0.15) is 24.0 Å². The van der Waals surface area contributed by atoms with Crippen LogP contribution in [-0.4, -0.2) is 18.1 Å². The topological polar surface area (TPSA) is 28.2 Å². The minimum absolute atomic E-state index is 0.273. The second-order valence-electron chi connectivity index (χ2n) is 5.16. The smallest absolute Gasteiger partial charge is 0.141 e. The van der Waals surface area contributed by atoms with Crippen LogP contribution in [0, 0.1) is 5.82 Å². The molecule has 0 bridgehead atoms. The molecule has 1 N–H and O–H groups in total. The van der Waals surface area contributed by atoms with Gasteiger partial charge in [0.1, 0.15) is 11.6 Å². The summed E-state index contributed by atoms with van der Waals surface area (Å²) in [5.74, 6) is 0.639. The second kappa shape index (κ2) is 5.89. The Morgan fingerprint density at radius 3 is 3.00 bits per heavy atom. The average Bonchev–Trinajstić information content (AvgIpc) is 3.15. The van der Waals surface area contributed by atoms with Crippen molar-refractivity contribution in [3.63, 3.8) is 0 Å². The summed E-state index contributed by atoms with van der Waals surface area (Å²) < 4.78 is 13.4. The van der Waals surface area contributed by atoms with Crippen LogP contribution >= 0.6 is 11.3 Å². The molecule has 0 unspecified atom stereocenters. The third kappa shape index (κ3) is 2.99. The molecule has 0 saturated heterocycles. The average molecular weight is 291 g/mol. The third-order valence-corrected chi connectivity index (χ3v) is 4.20. The molecule has 0 aromatic carbocycles. The van der Waals surface area contributed by atoms with Crippen LogP contribution in [-0.2, 0) is 13.1 Å². The van der Waals surface area contributed by atoms with E-state index in [1.165, 1.54) is 24.6 Å². The predicted molar refractivity (Wildman–Crippen MR) is 80.5 cm³/mol. The zero-order valence-corrected chi connectivity index (χ0v) is 12.3. The Bertz CT molecular complexity index is 567. The molecule has 2 aromatic heterocycles. The molecule has 2 aromatic rings. The van der Waals surface area contributed by atoms with Crippen molar-refractivity contribution < 1.29 is 4.39 Å². The molecule has 0 atom stereocenters. The van der Waals surface area contributed by atoms with Gasteiger partial charge >= 0.3 is 0 Å². The molecule has 1 aliphatic carbocycles. The number of nitrogens with zero attached hydrogens (tertiary/aromatic N) is 2. The first-order valence-electron chi connectivity index (χ1n) is 6.84. The highest BCUT2D eigenvalue weighted by atomic mass is 32.1. The van der Waals surface area contributed by atoms with Gasteiger partial charge in [-0.05, 0) is 48.3 Å². The highest BCUT2D eigenvalue weighted by Gasteiger charge is 2.31. The van der Waals surface area contributed by atoms with Gasteiger partial charge in [0, 0.05) is 24.7 Å². The summed E-state index contributed by atoms with van der Waals surface area (Å²) in [7, 11) is 1.87. The van der Waals surface area contributed by atoms with Crippen molar-refractivity contribution in [3.05, 3.63) is 46.0 Å². The Morgan fingerprint density at radius 1 is 1.50 bits per heavy atom. The lowest BCUT2D eigenvalue weighted by Crippen LogP contribution is -2.27. The van der Waals surface area contributed by atoms with E-state index in [4.69, 9.17) is 0 Å². The van der Waals surface area contributed by atoms with Crippen molar-refractivity contribution in [2.24, 2.45) is 0 Å². The lowest BCUT2D eigenvalue weighted by atomic mass is 10.2. The summed E-state index contributed by atoms with van der Waals surface area (Å²) in [6.45, 7) is 1.48. The molecule has 2 heterocycles. The summed E-state index contributed by atoms with van der Waals surface area (Å²) in [4.78, 5) is 6.67. The minimum Gasteiger partial charge on any atom is -0.349 e. The Balaban J connectivity index is 1.90. The standard InChI is InChI=1S/C15H18FN3S/c1-17-7-12-6-13(16)8-18-15(12)19(14-2-3-14)9-11-4-5-20-10-11/h4-6,8,10,14,17H,2-3,7,9H2,1H3. The van der Waals surface area contributed by atoms with Gasteiger partial charge in [0.15, 0.2) is 0 Å². The van der Waals surface area contributed by atoms with Gasteiger partial charge in [-0.1, -0.05) is 0 Å². The van der Waals surface area contributed by atoms with Crippen molar-refractivity contribution >= 4 is 17.2 Å². The second-order valence-corrected chi connectivity index (χ2v) is 5.94. The number of aromatic nitrogens is 1. The van der Waals surface area contributed by atoms with E-state index < -0.39 is 0 Å². The van der Waals surface area contributed by atoms with Crippen LogP contribution in [0.3, 0.4) is 0 Å². The van der Waals surface area contributed by atoms with Gasteiger partial charge < -0.3 is 10.2 Å². The molecule has 1 fully saturated rings. The molecule has 1 saturated carbocycles. The van der Waals surface area contributed by atoms with Crippen LogP contribution in [0.2, 0.25) is 0 Å². The molecular formula is C15H18FN3S. The maximum Gasteiger partial charge on any atom is 0.141 e. The lowest BCUT2D eigenvalue weighted by Gasteiger charge is -2.25. The molecule has 20 heavy (non-hydrogen) atoms. The number of nitrogens with one attached hydrogen (secondary N) is 1. The van der Waals surface area contributed by atoms with Crippen molar-refractivity contribution in [2.45, 2.75) is 32.0 Å². The number of hydrogen-bond acceptors (Lipinski definition) is 4. The summed E-state index contributed by atoms with van der Waals surface area (Å²) in [6.07, 6.45) is 3.71. The Kier molecular flexibility index (Phi) is 3.98. The molecule has 0 radical (unpaired) electrons. The zero-order valence-electron chi connectivity index (χ0n) is 11.5. The van der Waals surface area contributed by atoms with E-state index in [1.807, 2.05) is 7.05 Å². The van der Waals surface area contributed by atoms with Crippen LogP contribution in [0.4, 0.5) is 10.2 Å². The number of hydrogen-bond donors (Lipinski definition) is 1. The van der Waals surface area contributed by atoms with E-state index in [9.17, 15) is 4.39 Å². The van der Waals surface area contributed by atoms with Gasteiger partial charge in [-0.25, -0.2) is 9.37 Å². The summed E-state index contributed by atoms with van der Waals surface area (Å²) >= 11 is 1.71. The molecule has 0 spiro atoms. The zero-order chi connectivity index (χ0) is 13.9. The number of halogens is 1. The third-order valence-electron chi connectivity index (χ3n) is 3.47. The molecule has 1 aliphatic rings. The number of thiophene rings is 1. The number of anilines is 1. The molecular weight excluding hydrogens is 273 g/mol. The highest BCUT2D eigenvalue weighted by Crippen LogP contribution is 2.34.